The average molecular weight is 377 g/mol. The molecular formula is C19H21BrO3. The maximum absolute atomic E-state index is 12.3. The number of carbonyl (C=O) groups is 1. The number of ether oxygens (including phenoxy) is 2. The highest BCUT2D eigenvalue weighted by atomic mass is 79.9. The molecule has 0 saturated carbocycles. The van der Waals surface area contributed by atoms with E-state index >= 15 is 0 Å². The van der Waals surface area contributed by atoms with Gasteiger partial charge in [0.25, 0.3) is 0 Å². The lowest BCUT2D eigenvalue weighted by Gasteiger charge is -2.12. The lowest BCUT2D eigenvalue weighted by Crippen LogP contribution is -2.10. The van der Waals surface area contributed by atoms with Crippen molar-refractivity contribution in [2.24, 2.45) is 5.92 Å². The normalized spacial score (nSPS) is 10.7. The number of benzene rings is 2. The first-order valence-electron chi connectivity index (χ1n) is 7.58. The van der Waals surface area contributed by atoms with Crippen molar-refractivity contribution in [3.05, 3.63) is 57.6 Å². The third-order valence-corrected chi connectivity index (χ3v) is 3.91. The summed E-state index contributed by atoms with van der Waals surface area (Å²) in [6, 6.07) is 11.0. The zero-order valence-electron chi connectivity index (χ0n) is 13.9. The highest BCUT2D eigenvalue weighted by Crippen LogP contribution is 2.27. The number of esters is 1. The van der Waals surface area contributed by atoms with Crippen molar-refractivity contribution >= 4 is 21.9 Å². The molecular weight excluding hydrogens is 356 g/mol. The molecule has 4 heteroatoms. The standard InChI is InChI=1S/C19H21BrO3/c1-12(2)11-22-17-8-7-15(10-16(17)20)19(21)23-18-9-13(3)5-6-14(18)4/h5-10,12H,11H2,1-4H3. The van der Waals surface area contributed by atoms with Crippen LogP contribution in [0.1, 0.15) is 35.3 Å². The van der Waals surface area contributed by atoms with E-state index in [0.29, 0.717) is 23.8 Å². The van der Waals surface area contributed by atoms with Crippen molar-refractivity contribution in [2.45, 2.75) is 27.7 Å². The van der Waals surface area contributed by atoms with Crippen molar-refractivity contribution in [1.29, 1.82) is 0 Å². The Kier molecular flexibility index (Phi) is 5.83. The fourth-order valence-electron chi connectivity index (χ4n) is 1.98. The van der Waals surface area contributed by atoms with E-state index in [1.807, 2.05) is 32.0 Å². The van der Waals surface area contributed by atoms with Gasteiger partial charge in [-0.3, -0.25) is 0 Å². The van der Waals surface area contributed by atoms with Crippen LogP contribution in [0.2, 0.25) is 0 Å². The van der Waals surface area contributed by atoms with Crippen LogP contribution >= 0.6 is 15.9 Å². The molecule has 23 heavy (non-hydrogen) atoms. The Morgan fingerprint density at radius 3 is 2.48 bits per heavy atom. The Labute approximate surface area is 145 Å². The van der Waals surface area contributed by atoms with Crippen molar-refractivity contribution < 1.29 is 14.3 Å². The van der Waals surface area contributed by atoms with Crippen LogP contribution in [0, 0.1) is 19.8 Å². The second-order valence-corrected chi connectivity index (χ2v) is 6.86. The summed E-state index contributed by atoms with van der Waals surface area (Å²) >= 11 is 3.44. The zero-order valence-corrected chi connectivity index (χ0v) is 15.4. The molecule has 3 nitrogen and oxygen atoms in total. The molecule has 2 rings (SSSR count). The van der Waals surface area contributed by atoms with Gasteiger partial charge in [-0.25, -0.2) is 4.79 Å². The van der Waals surface area contributed by atoms with Crippen molar-refractivity contribution in [3.8, 4) is 11.5 Å². The molecule has 0 atom stereocenters. The fraction of sp³-hybridized carbons (Fsp3) is 0.316. The molecule has 0 aliphatic carbocycles. The first-order chi connectivity index (χ1) is 10.9. The molecule has 0 bridgehead atoms. The molecule has 2 aromatic rings. The van der Waals surface area contributed by atoms with Gasteiger partial charge in [0.2, 0.25) is 0 Å². The first kappa shape index (κ1) is 17.5. The quantitative estimate of drug-likeness (QED) is 0.523. The molecule has 2 aromatic carbocycles. The molecule has 0 radical (unpaired) electrons. The molecule has 0 unspecified atom stereocenters. The lowest BCUT2D eigenvalue weighted by atomic mass is 10.1. The molecule has 0 amide bonds. The monoisotopic (exact) mass is 376 g/mol. The van der Waals surface area contributed by atoms with E-state index in [1.54, 1.807) is 18.2 Å². The summed E-state index contributed by atoms with van der Waals surface area (Å²) in [7, 11) is 0. The van der Waals surface area contributed by atoms with Crippen LogP contribution in [0.3, 0.4) is 0 Å². The highest BCUT2D eigenvalue weighted by Gasteiger charge is 2.13. The van der Waals surface area contributed by atoms with E-state index in [-0.39, 0.29) is 5.97 Å². The summed E-state index contributed by atoms with van der Waals surface area (Å²) < 4.78 is 11.9. The Balaban J connectivity index is 2.13. The van der Waals surface area contributed by atoms with Gasteiger partial charge in [0.1, 0.15) is 11.5 Å². The largest absolute Gasteiger partial charge is 0.492 e. The lowest BCUT2D eigenvalue weighted by molar-refractivity contribution is 0.0733. The summed E-state index contributed by atoms with van der Waals surface area (Å²) in [5.41, 5.74) is 2.46. The summed E-state index contributed by atoms with van der Waals surface area (Å²) in [5.74, 6) is 1.37. The number of aryl methyl sites for hydroxylation is 2. The van der Waals surface area contributed by atoms with Crippen molar-refractivity contribution in [2.75, 3.05) is 6.61 Å². The van der Waals surface area contributed by atoms with Gasteiger partial charge < -0.3 is 9.47 Å². The Morgan fingerprint density at radius 2 is 1.83 bits per heavy atom. The molecule has 0 aromatic heterocycles. The maximum atomic E-state index is 12.3. The van der Waals surface area contributed by atoms with E-state index in [2.05, 4.69) is 29.8 Å². The first-order valence-corrected chi connectivity index (χ1v) is 8.38. The van der Waals surface area contributed by atoms with Crippen LogP contribution in [0.25, 0.3) is 0 Å². The third-order valence-electron chi connectivity index (χ3n) is 3.29. The number of rotatable bonds is 5. The molecule has 0 aliphatic rings. The van der Waals surface area contributed by atoms with Crippen LogP contribution in [-0.2, 0) is 0 Å². The number of hydrogen-bond acceptors (Lipinski definition) is 3. The van der Waals surface area contributed by atoms with E-state index in [0.717, 1.165) is 21.3 Å². The predicted molar refractivity (Wildman–Crippen MR) is 95.3 cm³/mol. The van der Waals surface area contributed by atoms with E-state index in [1.165, 1.54) is 0 Å². The van der Waals surface area contributed by atoms with Gasteiger partial charge in [-0.2, -0.15) is 0 Å². The fourth-order valence-corrected chi connectivity index (χ4v) is 2.47. The molecule has 0 saturated heterocycles. The third kappa shape index (κ3) is 4.83. The maximum Gasteiger partial charge on any atom is 0.343 e. The van der Waals surface area contributed by atoms with Crippen LogP contribution in [-0.4, -0.2) is 12.6 Å². The molecule has 122 valence electrons. The molecule has 0 aliphatic heterocycles. The Hall–Kier alpha value is -1.81. The minimum absolute atomic E-state index is 0.380. The highest BCUT2D eigenvalue weighted by molar-refractivity contribution is 9.10. The van der Waals surface area contributed by atoms with Gasteiger partial charge in [0.05, 0.1) is 16.6 Å². The van der Waals surface area contributed by atoms with Gasteiger partial charge in [-0.15, -0.1) is 0 Å². The van der Waals surface area contributed by atoms with Gasteiger partial charge >= 0.3 is 5.97 Å². The Bertz CT molecular complexity index is 708. The Morgan fingerprint density at radius 1 is 1.09 bits per heavy atom. The topological polar surface area (TPSA) is 35.5 Å². The van der Waals surface area contributed by atoms with Crippen LogP contribution in [0.15, 0.2) is 40.9 Å². The van der Waals surface area contributed by atoms with E-state index in [4.69, 9.17) is 9.47 Å². The SMILES string of the molecule is Cc1ccc(C)c(OC(=O)c2ccc(OCC(C)C)c(Br)c2)c1. The van der Waals surface area contributed by atoms with Crippen LogP contribution < -0.4 is 9.47 Å². The second kappa shape index (κ2) is 7.64. The summed E-state index contributed by atoms with van der Waals surface area (Å²) in [6.45, 7) is 8.69. The van der Waals surface area contributed by atoms with Crippen molar-refractivity contribution in [1.82, 2.24) is 0 Å². The summed E-state index contributed by atoms with van der Waals surface area (Å²) in [4.78, 5) is 12.3. The van der Waals surface area contributed by atoms with Gasteiger partial charge in [-0.1, -0.05) is 26.0 Å². The van der Waals surface area contributed by atoms with Gasteiger partial charge in [-0.05, 0) is 71.1 Å². The summed E-state index contributed by atoms with van der Waals surface area (Å²) in [5, 5.41) is 0. The van der Waals surface area contributed by atoms with Gasteiger partial charge in [0, 0.05) is 0 Å². The van der Waals surface area contributed by atoms with Gasteiger partial charge in [0.15, 0.2) is 0 Å². The number of carbonyl (C=O) groups excluding carboxylic acids is 1. The number of halogens is 1. The summed E-state index contributed by atoms with van der Waals surface area (Å²) in [6.07, 6.45) is 0. The zero-order chi connectivity index (χ0) is 17.0. The smallest absolute Gasteiger partial charge is 0.343 e. The predicted octanol–water partition coefficient (Wildman–Crippen LogP) is 5.32. The molecule has 0 N–H and O–H groups in total. The molecule has 0 heterocycles. The van der Waals surface area contributed by atoms with E-state index in [9.17, 15) is 4.79 Å². The average Bonchev–Trinajstić information content (AvgIpc) is 2.49. The number of hydrogen-bond donors (Lipinski definition) is 0. The second-order valence-electron chi connectivity index (χ2n) is 6.01. The molecule has 0 spiro atoms. The van der Waals surface area contributed by atoms with Crippen LogP contribution in [0.4, 0.5) is 0 Å². The van der Waals surface area contributed by atoms with E-state index < -0.39 is 0 Å². The van der Waals surface area contributed by atoms with Crippen LogP contribution in [0.5, 0.6) is 11.5 Å². The minimum atomic E-state index is -0.380. The minimum Gasteiger partial charge on any atom is -0.492 e. The molecule has 0 fully saturated rings. The van der Waals surface area contributed by atoms with Crippen molar-refractivity contribution in [3.63, 3.8) is 0 Å².